The third kappa shape index (κ3) is 3.40. The van der Waals surface area contributed by atoms with Gasteiger partial charge in [-0.15, -0.1) is 0 Å². The van der Waals surface area contributed by atoms with Gasteiger partial charge in [-0.05, 0) is 19.1 Å². The summed E-state index contributed by atoms with van der Waals surface area (Å²) < 4.78 is 10.4. The number of carbonyl (C=O) groups is 2. The summed E-state index contributed by atoms with van der Waals surface area (Å²) in [6.07, 6.45) is 0.0152. The Morgan fingerprint density at radius 3 is 2.15 bits per heavy atom. The quantitative estimate of drug-likeness (QED) is 0.847. The van der Waals surface area contributed by atoms with Crippen LogP contribution in [0.2, 0.25) is 0 Å². The maximum absolute atomic E-state index is 12.1. The van der Waals surface area contributed by atoms with Gasteiger partial charge >= 0.3 is 5.97 Å². The van der Waals surface area contributed by atoms with E-state index in [1.54, 1.807) is 18.2 Å². The van der Waals surface area contributed by atoms with Crippen LogP contribution in [0, 0.1) is 0 Å². The number of amides is 1. The first-order chi connectivity index (χ1) is 9.42. The molecular formula is C14H19NO5. The lowest BCUT2D eigenvalue weighted by molar-refractivity contribution is -0.148. The molecule has 1 aromatic carbocycles. The first-order valence-corrected chi connectivity index (χ1v) is 6.10. The molecule has 6 nitrogen and oxygen atoms in total. The monoisotopic (exact) mass is 281 g/mol. The van der Waals surface area contributed by atoms with Crippen molar-refractivity contribution in [1.82, 2.24) is 4.90 Å². The molecule has 1 N–H and O–H groups in total. The van der Waals surface area contributed by atoms with Crippen molar-refractivity contribution < 1.29 is 24.2 Å². The van der Waals surface area contributed by atoms with Gasteiger partial charge in [-0.1, -0.05) is 6.07 Å². The van der Waals surface area contributed by atoms with Gasteiger partial charge in [0.05, 0.1) is 20.6 Å². The van der Waals surface area contributed by atoms with Gasteiger partial charge in [0.25, 0.3) is 0 Å². The molecule has 1 unspecified atom stereocenters. The molecule has 0 saturated carbocycles. The lowest BCUT2D eigenvalue weighted by atomic mass is 10.1. The van der Waals surface area contributed by atoms with Crippen molar-refractivity contribution in [3.05, 3.63) is 23.8 Å². The van der Waals surface area contributed by atoms with Crippen LogP contribution in [0.25, 0.3) is 0 Å². The van der Waals surface area contributed by atoms with Gasteiger partial charge < -0.3 is 19.5 Å². The average Bonchev–Trinajstić information content (AvgIpc) is 2.45. The van der Waals surface area contributed by atoms with Crippen LogP contribution in [0.3, 0.4) is 0 Å². The Hall–Kier alpha value is -2.24. The minimum Gasteiger partial charge on any atom is -0.496 e. The van der Waals surface area contributed by atoms with Crippen LogP contribution in [-0.4, -0.2) is 49.2 Å². The van der Waals surface area contributed by atoms with Crippen LogP contribution in [0.15, 0.2) is 18.2 Å². The Balaban J connectivity index is 2.98. The van der Waals surface area contributed by atoms with E-state index in [1.807, 2.05) is 0 Å². The number of carbonyl (C=O) groups excluding carboxylic acids is 1. The minimum atomic E-state index is -1.05. The van der Waals surface area contributed by atoms with E-state index in [0.717, 1.165) is 0 Å². The summed E-state index contributed by atoms with van der Waals surface area (Å²) in [7, 11) is 4.47. The molecule has 0 bridgehead atoms. The molecule has 20 heavy (non-hydrogen) atoms. The number of hydrogen-bond acceptors (Lipinski definition) is 4. The fourth-order valence-electron chi connectivity index (χ4n) is 1.76. The van der Waals surface area contributed by atoms with E-state index in [-0.39, 0.29) is 12.3 Å². The highest BCUT2D eigenvalue weighted by molar-refractivity contribution is 5.85. The standard InChI is InChI=1S/C14H19NO5/c1-9(14(17)18)15(2)13(16)8-10-11(19-3)6-5-7-12(10)20-4/h5-7,9H,8H2,1-4H3,(H,17,18). The number of benzene rings is 1. The van der Waals surface area contributed by atoms with Crippen LogP contribution < -0.4 is 9.47 Å². The molecule has 0 fully saturated rings. The lowest BCUT2D eigenvalue weighted by Crippen LogP contribution is -2.41. The maximum Gasteiger partial charge on any atom is 0.326 e. The predicted octanol–water partition coefficient (Wildman–Crippen LogP) is 1.18. The maximum atomic E-state index is 12.1. The van der Waals surface area contributed by atoms with E-state index in [1.165, 1.54) is 33.1 Å². The van der Waals surface area contributed by atoms with Crippen LogP contribution >= 0.6 is 0 Å². The Bertz CT molecular complexity index is 478. The zero-order valence-electron chi connectivity index (χ0n) is 12.0. The van der Waals surface area contributed by atoms with Gasteiger partial charge in [-0.25, -0.2) is 4.79 Å². The van der Waals surface area contributed by atoms with Crippen molar-refractivity contribution in [1.29, 1.82) is 0 Å². The van der Waals surface area contributed by atoms with E-state index in [0.29, 0.717) is 17.1 Å². The largest absolute Gasteiger partial charge is 0.496 e. The van der Waals surface area contributed by atoms with E-state index < -0.39 is 12.0 Å². The second kappa shape index (κ2) is 6.79. The molecule has 1 amide bonds. The van der Waals surface area contributed by atoms with E-state index in [4.69, 9.17) is 14.6 Å². The van der Waals surface area contributed by atoms with Gasteiger partial charge in [0.15, 0.2) is 0 Å². The van der Waals surface area contributed by atoms with Crippen LogP contribution in [0.5, 0.6) is 11.5 Å². The number of nitrogens with zero attached hydrogens (tertiary/aromatic N) is 1. The highest BCUT2D eigenvalue weighted by Crippen LogP contribution is 2.29. The first-order valence-electron chi connectivity index (χ1n) is 6.10. The van der Waals surface area contributed by atoms with E-state index in [2.05, 4.69) is 0 Å². The molecule has 0 aliphatic heterocycles. The highest BCUT2D eigenvalue weighted by atomic mass is 16.5. The Labute approximate surface area is 117 Å². The smallest absolute Gasteiger partial charge is 0.326 e. The number of hydrogen-bond donors (Lipinski definition) is 1. The van der Waals surface area contributed by atoms with Crippen molar-refractivity contribution in [2.45, 2.75) is 19.4 Å². The van der Waals surface area contributed by atoms with Gasteiger partial charge in [-0.2, -0.15) is 0 Å². The fraction of sp³-hybridized carbons (Fsp3) is 0.429. The number of carboxylic acids is 1. The van der Waals surface area contributed by atoms with Crippen LogP contribution in [-0.2, 0) is 16.0 Å². The summed E-state index contributed by atoms with van der Waals surface area (Å²) in [6.45, 7) is 1.46. The Kier molecular flexibility index (Phi) is 5.37. The second-order valence-electron chi connectivity index (χ2n) is 4.34. The number of ether oxygens (including phenoxy) is 2. The molecule has 0 spiro atoms. The normalized spacial score (nSPS) is 11.6. The first kappa shape index (κ1) is 15.8. The zero-order chi connectivity index (χ0) is 15.3. The molecule has 1 rings (SSSR count). The topological polar surface area (TPSA) is 76.1 Å². The number of aliphatic carboxylic acids is 1. The van der Waals surface area contributed by atoms with Crippen molar-refractivity contribution in [2.24, 2.45) is 0 Å². The molecular weight excluding hydrogens is 262 g/mol. The summed E-state index contributed by atoms with van der Waals surface area (Å²) in [5, 5.41) is 8.93. The third-order valence-corrected chi connectivity index (χ3v) is 3.19. The summed E-state index contributed by atoms with van der Waals surface area (Å²) in [5.74, 6) is -0.293. The van der Waals surface area contributed by atoms with E-state index >= 15 is 0 Å². The second-order valence-corrected chi connectivity index (χ2v) is 4.34. The van der Waals surface area contributed by atoms with Crippen molar-refractivity contribution >= 4 is 11.9 Å². The van der Waals surface area contributed by atoms with Crippen molar-refractivity contribution in [3.8, 4) is 11.5 Å². The van der Waals surface area contributed by atoms with Gasteiger partial charge in [-0.3, -0.25) is 4.79 Å². The molecule has 110 valence electrons. The Morgan fingerprint density at radius 2 is 1.75 bits per heavy atom. The zero-order valence-corrected chi connectivity index (χ0v) is 12.0. The van der Waals surface area contributed by atoms with Crippen molar-refractivity contribution in [3.63, 3.8) is 0 Å². The van der Waals surface area contributed by atoms with Gasteiger partial charge in [0.2, 0.25) is 5.91 Å². The number of methoxy groups -OCH3 is 2. The van der Waals surface area contributed by atoms with E-state index in [9.17, 15) is 9.59 Å². The SMILES string of the molecule is COc1cccc(OC)c1CC(=O)N(C)C(C)C(=O)O. The lowest BCUT2D eigenvalue weighted by Gasteiger charge is -2.22. The summed E-state index contributed by atoms with van der Waals surface area (Å²) in [6, 6.07) is 4.33. The van der Waals surface area contributed by atoms with Crippen LogP contribution in [0.4, 0.5) is 0 Å². The molecule has 0 aromatic heterocycles. The molecule has 6 heteroatoms. The summed E-state index contributed by atoms with van der Waals surface area (Å²) >= 11 is 0. The molecule has 0 heterocycles. The molecule has 0 saturated heterocycles. The molecule has 0 aliphatic carbocycles. The molecule has 1 atom stereocenters. The van der Waals surface area contributed by atoms with Gasteiger partial charge in [0, 0.05) is 12.6 Å². The Morgan fingerprint density at radius 1 is 1.25 bits per heavy atom. The van der Waals surface area contributed by atoms with Gasteiger partial charge in [0.1, 0.15) is 17.5 Å². The molecule has 1 aromatic rings. The molecule has 0 aliphatic rings. The minimum absolute atomic E-state index is 0.0152. The number of rotatable bonds is 6. The highest BCUT2D eigenvalue weighted by Gasteiger charge is 2.23. The third-order valence-electron chi connectivity index (χ3n) is 3.19. The van der Waals surface area contributed by atoms with Crippen molar-refractivity contribution in [2.75, 3.05) is 21.3 Å². The fourth-order valence-corrected chi connectivity index (χ4v) is 1.76. The van der Waals surface area contributed by atoms with Crippen LogP contribution in [0.1, 0.15) is 12.5 Å². The molecule has 0 radical (unpaired) electrons. The predicted molar refractivity (Wildman–Crippen MR) is 73.1 cm³/mol. The number of carboxylic acid groups (broad SMARTS) is 1. The summed E-state index contributed by atoms with van der Waals surface area (Å²) in [4.78, 5) is 24.2. The average molecular weight is 281 g/mol. The summed E-state index contributed by atoms with van der Waals surface area (Å²) in [5.41, 5.74) is 0.604. The number of likely N-dealkylation sites (N-methyl/N-ethyl adjacent to an activating group) is 1.